The normalized spacial score (nSPS) is 11.8. The highest BCUT2D eigenvalue weighted by Crippen LogP contribution is 2.46. The number of hydrogen-bond donors (Lipinski definition) is 0. The topological polar surface area (TPSA) is 98.6 Å². The second kappa shape index (κ2) is 17.1. The fraction of sp³-hybridized carbons (Fsp3) is 0. The summed E-state index contributed by atoms with van der Waals surface area (Å²) >= 11 is 0. The van der Waals surface area contributed by atoms with Crippen molar-refractivity contribution in [3.8, 4) is 73.9 Å². The molecule has 0 bridgehead atoms. The van der Waals surface area contributed by atoms with E-state index in [1.165, 1.54) is 0 Å². The summed E-state index contributed by atoms with van der Waals surface area (Å²) in [6.45, 7) is 0. The Morgan fingerprint density at radius 2 is 0.756 bits per heavy atom. The molecular formula is C70H40N6O2. The lowest BCUT2D eigenvalue weighted by atomic mass is 9.93. The Morgan fingerprint density at radius 1 is 0.321 bits per heavy atom. The minimum Gasteiger partial charge on any atom is -0.455 e. The first-order valence-corrected chi connectivity index (χ1v) is 26.0. The largest absolute Gasteiger partial charge is 0.455 e. The summed E-state index contributed by atoms with van der Waals surface area (Å²) in [5.74, 6) is 1.69. The molecule has 0 spiro atoms. The molecule has 0 radical (unpaired) electrons. The van der Waals surface area contributed by atoms with Gasteiger partial charge in [-0.25, -0.2) is 15.0 Å². The van der Waals surface area contributed by atoms with Gasteiger partial charge in [-0.15, -0.1) is 0 Å². The van der Waals surface area contributed by atoms with Crippen molar-refractivity contribution in [1.82, 2.24) is 24.1 Å². The van der Waals surface area contributed by atoms with Gasteiger partial charge in [0, 0.05) is 65.7 Å². The maximum atomic E-state index is 10.9. The van der Waals surface area contributed by atoms with Crippen LogP contribution in [0.25, 0.3) is 155 Å². The van der Waals surface area contributed by atoms with Crippen molar-refractivity contribution in [3.05, 3.63) is 248 Å². The summed E-state index contributed by atoms with van der Waals surface area (Å²) in [5.41, 5.74) is 16.0. The Morgan fingerprint density at radius 3 is 1.31 bits per heavy atom. The molecule has 16 aromatic rings. The second-order valence-corrected chi connectivity index (χ2v) is 19.7. The molecule has 0 aliphatic heterocycles. The van der Waals surface area contributed by atoms with Crippen LogP contribution in [0.15, 0.2) is 251 Å². The van der Waals surface area contributed by atoms with E-state index >= 15 is 0 Å². The van der Waals surface area contributed by atoms with Crippen molar-refractivity contribution in [3.63, 3.8) is 0 Å². The van der Waals surface area contributed by atoms with Gasteiger partial charge in [0.1, 0.15) is 22.3 Å². The molecule has 0 atom stereocenters. The number of benzene rings is 11. The number of furan rings is 2. The zero-order valence-corrected chi connectivity index (χ0v) is 41.6. The number of rotatable bonds is 7. The van der Waals surface area contributed by atoms with Crippen molar-refractivity contribution in [1.29, 1.82) is 5.26 Å². The van der Waals surface area contributed by atoms with Crippen LogP contribution in [0, 0.1) is 11.3 Å². The van der Waals surface area contributed by atoms with Crippen LogP contribution in [0.3, 0.4) is 0 Å². The van der Waals surface area contributed by atoms with E-state index < -0.39 is 0 Å². The first-order valence-electron chi connectivity index (χ1n) is 26.0. The van der Waals surface area contributed by atoms with Crippen LogP contribution in [0.1, 0.15) is 5.56 Å². The fourth-order valence-corrected chi connectivity index (χ4v) is 12.0. The van der Waals surface area contributed by atoms with Gasteiger partial charge in [-0.2, -0.15) is 5.26 Å². The van der Waals surface area contributed by atoms with E-state index in [1.807, 2.05) is 103 Å². The van der Waals surface area contributed by atoms with Crippen LogP contribution < -0.4 is 0 Å². The molecule has 362 valence electrons. The van der Waals surface area contributed by atoms with Crippen molar-refractivity contribution < 1.29 is 8.83 Å². The van der Waals surface area contributed by atoms with Gasteiger partial charge in [0.25, 0.3) is 0 Å². The molecule has 0 fully saturated rings. The van der Waals surface area contributed by atoms with Gasteiger partial charge in [-0.3, -0.25) is 0 Å². The molecule has 0 aliphatic rings. The van der Waals surface area contributed by atoms with Gasteiger partial charge in [-0.1, -0.05) is 158 Å². The molecule has 8 heteroatoms. The van der Waals surface area contributed by atoms with E-state index in [0.717, 1.165) is 138 Å². The third-order valence-electron chi connectivity index (χ3n) is 15.4. The monoisotopic (exact) mass is 996 g/mol. The van der Waals surface area contributed by atoms with Gasteiger partial charge in [0.2, 0.25) is 0 Å². The Hall–Kier alpha value is -10.9. The summed E-state index contributed by atoms with van der Waals surface area (Å²) in [6, 6.07) is 86.1. The Kier molecular flexibility index (Phi) is 9.53. The van der Waals surface area contributed by atoms with E-state index in [-0.39, 0.29) is 0 Å². The highest BCUT2D eigenvalue weighted by Gasteiger charge is 2.25. The molecule has 11 aromatic carbocycles. The Bertz CT molecular complexity index is 5120. The smallest absolute Gasteiger partial charge is 0.164 e. The molecule has 5 heterocycles. The van der Waals surface area contributed by atoms with Crippen molar-refractivity contribution >= 4 is 87.5 Å². The van der Waals surface area contributed by atoms with Crippen LogP contribution >= 0.6 is 0 Å². The minimum absolute atomic E-state index is 0.538. The highest BCUT2D eigenvalue weighted by atomic mass is 16.3. The maximum Gasteiger partial charge on any atom is 0.164 e. The molecular weight excluding hydrogens is 957 g/mol. The summed E-state index contributed by atoms with van der Waals surface area (Å²) in [7, 11) is 0. The molecule has 8 nitrogen and oxygen atoms in total. The fourth-order valence-electron chi connectivity index (χ4n) is 12.0. The number of nitriles is 1. The lowest BCUT2D eigenvalue weighted by molar-refractivity contribution is 0.672. The summed E-state index contributed by atoms with van der Waals surface area (Å²) in [6.07, 6.45) is 0. The van der Waals surface area contributed by atoms with Gasteiger partial charge < -0.3 is 18.0 Å². The average molecular weight is 997 g/mol. The lowest BCUT2D eigenvalue weighted by Crippen LogP contribution is -2.03. The van der Waals surface area contributed by atoms with Gasteiger partial charge >= 0.3 is 0 Å². The number of aromatic nitrogens is 5. The quantitative estimate of drug-likeness (QED) is 0.158. The second-order valence-electron chi connectivity index (χ2n) is 19.7. The predicted molar refractivity (Wildman–Crippen MR) is 315 cm³/mol. The van der Waals surface area contributed by atoms with E-state index in [9.17, 15) is 5.26 Å². The molecule has 0 saturated carbocycles. The molecule has 0 saturated heterocycles. The van der Waals surface area contributed by atoms with Gasteiger partial charge in [0.15, 0.2) is 17.5 Å². The molecule has 0 aliphatic carbocycles. The minimum atomic E-state index is 0.538. The molecule has 16 rings (SSSR count). The van der Waals surface area contributed by atoms with E-state index in [4.69, 9.17) is 23.8 Å². The highest BCUT2D eigenvalue weighted by molar-refractivity contribution is 6.25. The molecule has 5 aromatic heterocycles. The molecule has 0 N–H and O–H groups in total. The lowest BCUT2D eigenvalue weighted by Gasteiger charge is -2.19. The average Bonchev–Trinajstić information content (AvgIpc) is 4.46. The number of fused-ring (bicyclic) bond motifs is 14. The zero-order valence-electron chi connectivity index (χ0n) is 41.6. The van der Waals surface area contributed by atoms with Crippen LogP contribution in [0.2, 0.25) is 0 Å². The van der Waals surface area contributed by atoms with Crippen molar-refractivity contribution in [2.24, 2.45) is 0 Å². The van der Waals surface area contributed by atoms with E-state index in [2.05, 4.69) is 155 Å². The first-order chi connectivity index (χ1) is 38.6. The summed E-state index contributed by atoms with van der Waals surface area (Å²) < 4.78 is 18.2. The van der Waals surface area contributed by atoms with Crippen LogP contribution in [-0.2, 0) is 0 Å². The molecule has 78 heavy (non-hydrogen) atoms. The van der Waals surface area contributed by atoms with E-state index in [0.29, 0.717) is 23.0 Å². The van der Waals surface area contributed by atoms with Crippen LogP contribution in [-0.4, -0.2) is 24.1 Å². The van der Waals surface area contributed by atoms with Crippen LogP contribution in [0.5, 0.6) is 0 Å². The first kappa shape index (κ1) is 43.5. The summed E-state index contributed by atoms with van der Waals surface area (Å²) in [4.78, 5) is 15.5. The van der Waals surface area contributed by atoms with Gasteiger partial charge in [-0.05, 0) is 90.5 Å². The third kappa shape index (κ3) is 6.55. The molecule has 0 amide bonds. The van der Waals surface area contributed by atoms with Crippen LogP contribution in [0.4, 0.5) is 0 Å². The molecule has 0 unspecified atom stereocenters. The number of nitrogens with zero attached hydrogens (tertiary/aromatic N) is 6. The maximum absolute atomic E-state index is 10.9. The van der Waals surface area contributed by atoms with Crippen molar-refractivity contribution in [2.75, 3.05) is 0 Å². The van der Waals surface area contributed by atoms with Crippen molar-refractivity contribution in [2.45, 2.75) is 0 Å². The third-order valence-corrected chi connectivity index (χ3v) is 15.4. The standard InChI is InChI=1S/C70H40N6O2/c71-41-46-21-7-8-22-47(46)55-39-44(31-35-59(55)76-57-28-14-10-26-53(57)65-61(76)38-34-51-49-24-12-16-30-63(49)78-67(51)65)54-40-45(70-73-68(42-17-3-1-4-18-42)72-69(74-70)43-19-5-2-6-20-43)32-36-58(54)75-56-27-13-9-25-52(56)64-60(75)37-33-50-48-23-11-15-29-62(48)77-66(50)64/h1-40H. The van der Waals surface area contributed by atoms with Gasteiger partial charge in [0.05, 0.1) is 55.8 Å². The number of hydrogen-bond acceptors (Lipinski definition) is 6. The summed E-state index contributed by atoms with van der Waals surface area (Å²) in [5, 5.41) is 19.4. The SMILES string of the molecule is N#Cc1ccccc1-c1cc(-c2cc(-c3nc(-c4ccccc4)nc(-c4ccccc4)n3)ccc2-n2c3ccccc3c3c4oc5ccccc5c4ccc32)ccc1-n1c2ccccc2c2c3oc4ccccc4c3ccc21. The predicted octanol–water partition coefficient (Wildman–Crippen LogP) is 18.1. The van der Waals surface area contributed by atoms with E-state index in [1.54, 1.807) is 0 Å². The number of para-hydroxylation sites is 4. The Balaban J connectivity index is 0.997. The zero-order chi connectivity index (χ0) is 51.4. The Labute approximate surface area is 445 Å².